The van der Waals surface area contributed by atoms with Crippen LogP contribution in [0.1, 0.15) is 20.3 Å². The highest BCUT2D eigenvalue weighted by Gasteiger charge is 2.26. The van der Waals surface area contributed by atoms with Crippen molar-refractivity contribution in [1.29, 1.82) is 0 Å². The van der Waals surface area contributed by atoms with Crippen LogP contribution in [-0.2, 0) is 9.63 Å². The van der Waals surface area contributed by atoms with Gasteiger partial charge in [-0.3, -0.25) is 0 Å². The van der Waals surface area contributed by atoms with E-state index in [4.69, 9.17) is 10.6 Å². The van der Waals surface area contributed by atoms with Crippen LogP contribution in [0, 0.1) is 0 Å². The topological polar surface area (TPSA) is 83.5 Å². The van der Waals surface area contributed by atoms with Crippen LogP contribution in [0.25, 0.3) is 0 Å². The fraction of sp³-hybridized carbons (Fsp3) is 0.667. The van der Waals surface area contributed by atoms with Gasteiger partial charge in [0.25, 0.3) is 0 Å². The zero-order valence-electron chi connectivity index (χ0n) is 9.97. The third-order valence-electron chi connectivity index (χ3n) is 1.89. The van der Waals surface area contributed by atoms with Gasteiger partial charge in [-0.05, 0) is 6.92 Å². The van der Waals surface area contributed by atoms with E-state index in [0.29, 0.717) is 5.96 Å². The molecule has 0 fully saturated rings. The Morgan fingerprint density at radius 3 is 2.69 bits per heavy atom. The maximum Gasteiger partial charge on any atom is 0.332 e. The van der Waals surface area contributed by atoms with E-state index in [1.807, 2.05) is 0 Å². The van der Waals surface area contributed by atoms with Crippen molar-refractivity contribution in [2.24, 2.45) is 15.7 Å². The predicted octanol–water partition coefficient (Wildman–Crippen LogP) is -0.251. The van der Waals surface area contributed by atoms with E-state index in [0.717, 1.165) is 5.06 Å². The number of aliphatic imine (C=N–C) groups is 2. The van der Waals surface area contributed by atoms with Gasteiger partial charge >= 0.3 is 5.97 Å². The largest absolute Gasteiger partial charge is 0.367 e. The zero-order chi connectivity index (χ0) is 12.3. The van der Waals surface area contributed by atoms with Gasteiger partial charge in [-0.1, -0.05) is 6.92 Å². The number of carbonyl (C=O) groups excluding carboxylic acids is 1. The van der Waals surface area contributed by atoms with Crippen molar-refractivity contribution in [3.63, 3.8) is 0 Å². The lowest BCUT2D eigenvalue weighted by Crippen LogP contribution is -2.51. The van der Waals surface area contributed by atoms with E-state index < -0.39 is 0 Å². The number of nitrogens with zero attached hydrogens (tertiary/aromatic N) is 4. The Bertz CT molecular complexity index is 337. The van der Waals surface area contributed by atoms with Crippen molar-refractivity contribution in [2.45, 2.75) is 26.4 Å². The van der Waals surface area contributed by atoms with Crippen molar-refractivity contribution < 1.29 is 9.63 Å². The summed E-state index contributed by atoms with van der Waals surface area (Å²) in [4.78, 5) is 26.2. The molecule has 0 spiro atoms. The van der Waals surface area contributed by atoms with Crippen LogP contribution in [0.4, 0.5) is 0 Å². The first-order valence-electron chi connectivity index (χ1n) is 5.05. The quantitative estimate of drug-likeness (QED) is 0.703. The van der Waals surface area contributed by atoms with Gasteiger partial charge in [-0.25, -0.2) is 14.8 Å². The van der Waals surface area contributed by atoms with Crippen LogP contribution in [0.3, 0.4) is 0 Å². The summed E-state index contributed by atoms with van der Waals surface area (Å²) in [6.07, 6.45) is -0.00553. The molecular formula is C9H17N5O2. The van der Waals surface area contributed by atoms with Crippen molar-refractivity contribution in [2.75, 3.05) is 14.1 Å². The normalized spacial score (nSPS) is 20.0. The summed E-state index contributed by atoms with van der Waals surface area (Å²) in [6.45, 7) is 3.50. The standard InChI is InChI=1S/C9H17N5O2/c1-5-7(15)16-14-8(10)11-6(2)12-9(14)13(3)4/h6H,5H2,1-4H3,(H2,10,11). The summed E-state index contributed by atoms with van der Waals surface area (Å²) in [6, 6.07) is 0. The van der Waals surface area contributed by atoms with Gasteiger partial charge in [0, 0.05) is 20.5 Å². The van der Waals surface area contributed by atoms with Gasteiger partial charge < -0.3 is 15.5 Å². The maximum atomic E-state index is 11.2. The average Bonchev–Trinajstić information content (AvgIpc) is 2.20. The fourth-order valence-corrected chi connectivity index (χ4v) is 1.15. The second kappa shape index (κ2) is 4.82. The maximum absolute atomic E-state index is 11.2. The minimum absolute atomic E-state index is 0.132. The molecule has 0 aliphatic carbocycles. The Balaban J connectivity index is 2.89. The van der Waals surface area contributed by atoms with E-state index in [1.165, 1.54) is 0 Å². The summed E-state index contributed by atoms with van der Waals surface area (Å²) in [5, 5.41) is 1.14. The lowest BCUT2D eigenvalue weighted by atomic mass is 10.5. The van der Waals surface area contributed by atoms with Crippen molar-refractivity contribution in [3.05, 3.63) is 0 Å². The molecule has 0 amide bonds. The van der Waals surface area contributed by atoms with E-state index in [-0.39, 0.29) is 24.5 Å². The van der Waals surface area contributed by atoms with Crippen molar-refractivity contribution in [1.82, 2.24) is 9.96 Å². The molecule has 1 unspecified atom stereocenters. The van der Waals surface area contributed by atoms with E-state index >= 15 is 0 Å². The van der Waals surface area contributed by atoms with E-state index in [1.54, 1.807) is 32.8 Å². The summed E-state index contributed by atoms with van der Waals surface area (Å²) >= 11 is 0. The number of guanidine groups is 2. The number of hydrogen-bond donors (Lipinski definition) is 1. The summed E-state index contributed by atoms with van der Waals surface area (Å²) in [7, 11) is 3.58. The monoisotopic (exact) mass is 227 g/mol. The molecule has 2 N–H and O–H groups in total. The first-order valence-corrected chi connectivity index (χ1v) is 5.05. The van der Waals surface area contributed by atoms with Gasteiger partial charge in [0.1, 0.15) is 6.17 Å². The zero-order valence-corrected chi connectivity index (χ0v) is 9.97. The highest BCUT2D eigenvalue weighted by atomic mass is 16.7. The third kappa shape index (κ3) is 2.62. The molecule has 16 heavy (non-hydrogen) atoms. The van der Waals surface area contributed by atoms with Crippen LogP contribution in [0.15, 0.2) is 9.98 Å². The SMILES string of the molecule is CCC(=O)ON1C(N)=NC(C)N=C1N(C)C. The second-order valence-corrected chi connectivity index (χ2v) is 3.55. The van der Waals surface area contributed by atoms with Crippen LogP contribution >= 0.6 is 0 Å². The predicted molar refractivity (Wildman–Crippen MR) is 60.4 cm³/mol. The molecule has 0 radical (unpaired) electrons. The molecule has 0 aromatic heterocycles. The molecule has 7 heteroatoms. The third-order valence-corrected chi connectivity index (χ3v) is 1.89. The highest BCUT2D eigenvalue weighted by Crippen LogP contribution is 2.08. The van der Waals surface area contributed by atoms with Crippen LogP contribution in [0.2, 0.25) is 0 Å². The molecule has 0 saturated carbocycles. The minimum atomic E-state index is -0.387. The first-order chi connectivity index (χ1) is 7.45. The lowest BCUT2D eigenvalue weighted by Gasteiger charge is -2.30. The molecule has 1 heterocycles. The van der Waals surface area contributed by atoms with Gasteiger partial charge in [0.15, 0.2) is 0 Å². The molecule has 1 aliphatic heterocycles. The van der Waals surface area contributed by atoms with Crippen LogP contribution in [0.5, 0.6) is 0 Å². The molecule has 0 aromatic rings. The molecule has 1 aliphatic rings. The highest BCUT2D eigenvalue weighted by molar-refractivity contribution is 5.99. The Labute approximate surface area is 94.5 Å². The summed E-state index contributed by atoms with van der Waals surface area (Å²) in [5.74, 6) is 0.206. The van der Waals surface area contributed by atoms with E-state index in [2.05, 4.69) is 9.98 Å². The number of hydrogen-bond acceptors (Lipinski definition) is 7. The second-order valence-electron chi connectivity index (χ2n) is 3.55. The van der Waals surface area contributed by atoms with Crippen molar-refractivity contribution in [3.8, 4) is 0 Å². The minimum Gasteiger partial charge on any atom is -0.367 e. The molecular weight excluding hydrogens is 210 g/mol. The van der Waals surface area contributed by atoms with Crippen LogP contribution < -0.4 is 5.73 Å². The van der Waals surface area contributed by atoms with E-state index in [9.17, 15) is 4.79 Å². The Morgan fingerprint density at radius 1 is 1.56 bits per heavy atom. The molecule has 0 bridgehead atoms. The van der Waals surface area contributed by atoms with Crippen molar-refractivity contribution >= 4 is 17.9 Å². The lowest BCUT2D eigenvalue weighted by molar-refractivity contribution is -0.163. The van der Waals surface area contributed by atoms with Gasteiger partial charge in [0.05, 0.1) is 0 Å². The average molecular weight is 227 g/mol. The Hall–Kier alpha value is -1.79. The number of hydroxylamine groups is 2. The molecule has 7 nitrogen and oxygen atoms in total. The van der Waals surface area contributed by atoms with Gasteiger partial charge in [-0.2, -0.15) is 0 Å². The molecule has 0 saturated heterocycles. The number of nitrogens with two attached hydrogens (primary N) is 1. The Kier molecular flexibility index (Phi) is 3.70. The first kappa shape index (κ1) is 12.3. The smallest absolute Gasteiger partial charge is 0.332 e. The van der Waals surface area contributed by atoms with Gasteiger partial charge in [0.2, 0.25) is 11.9 Å². The fourth-order valence-electron chi connectivity index (χ4n) is 1.15. The van der Waals surface area contributed by atoms with Gasteiger partial charge in [-0.15, -0.1) is 5.06 Å². The summed E-state index contributed by atoms with van der Waals surface area (Å²) in [5.41, 5.74) is 5.69. The molecule has 1 atom stereocenters. The number of carbonyl (C=O) groups is 1. The molecule has 0 aromatic carbocycles. The molecule has 90 valence electrons. The van der Waals surface area contributed by atoms with Crippen LogP contribution in [-0.4, -0.2) is 48.1 Å². The molecule has 1 rings (SSSR count). The summed E-state index contributed by atoms with van der Waals surface area (Å²) < 4.78 is 0. The Morgan fingerprint density at radius 2 is 2.19 bits per heavy atom. The number of rotatable bonds is 2.